The van der Waals surface area contributed by atoms with E-state index in [-0.39, 0.29) is 54.3 Å². The van der Waals surface area contributed by atoms with E-state index in [4.69, 9.17) is 4.52 Å². The average molecular weight is 585 g/mol. The van der Waals surface area contributed by atoms with Crippen LogP contribution in [-0.2, 0) is 4.79 Å². The Morgan fingerprint density at radius 3 is 2.56 bits per heavy atom. The molecular weight excluding hydrogens is 555 g/mol. The van der Waals surface area contributed by atoms with E-state index in [9.17, 15) is 36.6 Å². The number of fused-ring (bicyclic) bond motifs is 1. The Bertz CT molecular complexity index is 1410. The van der Waals surface area contributed by atoms with Gasteiger partial charge in [-0.15, -0.1) is 0 Å². The van der Waals surface area contributed by atoms with Gasteiger partial charge in [-0.05, 0) is 37.7 Å². The zero-order valence-electron chi connectivity index (χ0n) is 22.0. The molecule has 41 heavy (non-hydrogen) atoms. The second-order valence-corrected chi connectivity index (χ2v) is 10.9. The van der Waals surface area contributed by atoms with Crippen LogP contribution in [0, 0.1) is 11.8 Å². The van der Waals surface area contributed by atoms with Crippen LogP contribution in [0.3, 0.4) is 0 Å². The number of rotatable bonds is 9. The summed E-state index contributed by atoms with van der Waals surface area (Å²) < 4.78 is 72.6. The largest absolute Gasteiger partial charge is 0.392 e. The zero-order valence-corrected chi connectivity index (χ0v) is 22.0. The fraction of sp³-hybridized carbons (Fsp3) is 0.577. The Hall–Kier alpha value is -3.62. The molecule has 0 spiro atoms. The number of alkyl halides is 5. The van der Waals surface area contributed by atoms with Crippen molar-refractivity contribution >= 4 is 17.5 Å². The van der Waals surface area contributed by atoms with Crippen molar-refractivity contribution in [2.75, 3.05) is 0 Å². The molecule has 3 N–H and O–H groups in total. The number of hydrogen-bond acceptors (Lipinski definition) is 7. The fourth-order valence-electron chi connectivity index (χ4n) is 5.01. The Balaban J connectivity index is 1.36. The minimum Gasteiger partial charge on any atom is -0.369 e. The van der Waals surface area contributed by atoms with E-state index in [2.05, 4.69) is 25.9 Å². The van der Waals surface area contributed by atoms with E-state index in [1.165, 1.54) is 29.2 Å². The third-order valence-electron chi connectivity index (χ3n) is 7.67. The van der Waals surface area contributed by atoms with Gasteiger partial charge in [0, 0.05) is 30.7 Å². The predicted octanol–water partition coefficient (Wildman–Crippen LogP) is 4.59. The molecule has 0 bridgehead atoms. The lowest BCUT2D eigenvalue weighted by molar-refractivity contribution is -0.174. The van der Waals surface area contributed by atoms with Crippen molar-refractivity contribution < 1.29 is 41.2 Å². The highest BCUT2D eigenvalue weighted by Gasteiger charge is 2.40. The van der Waals surface area contributed by atoms with Crippen molar-refractivity contribution in [3.63, 3.8) is 0 Å². The van der Waals surface area contributed by atoms with E-state index < -0.39 is 48.5 Å². The van der Waals surface area contributed by atoms with E-state index in [1.807, 2.05) is 0 Å². The molecule has 3 heterocycles. The lowest BCUT2D eigenvalue weighted by atomic mass is 9.81. The maximum Gasteiger partial charge on any atom is 0.392 e. The first-order valence-corrected chi connectivity index (χ1v) is 13.3. The number of hydrogen-bond donors (Lipinski definition) is 3. The standard InChI is InChI=1S/C26H29F5N6O4/c1-13(26(29,30)31)8-20(38)34-23(39)16-9-19-33-18(11-37(19)32-10-16)22(15-4-6-25(27,28)7-5-15)35-24(40)17-12-41-36-21(17)14-2-3-14/h9-15,22-23,39H,2-8H2,1H3,(H,34,38)(H,35,40)/t13?,22-,23+/m0/s1. The third kappa shape index (κ3) is 6.66. The number of aliphatic hydroxyl groups is 1. The molecule has 15 heteroatoms. The Morgan fingerprint density at radius 2 is 1.90 bits per heavy atom. The number of carbonyl (C=O) groups is 2. The van der Waals surface area contributed by atoms with Crippen molar-refractivity contribution in [2.24, 2.45) is 11.8 Å². The molecule has 2 aliphatic rings. The molecule has 3 atom stereocenters. The monoisotopic (exact) mass is 584 g/mol. The van der Waals surface area contributed by atoms with Crippen LogP contribution < -0.4 is 10.6 Å². The van der Waals surface area contributed by atoms with Gasteiger partial charge in [0.2, 0.25) is 11.8 Å². The molecule has 10 nitrogen and oxygen atoms in total. The van der Waals surface area contributed by atoms with Crippen LogP contribution >= 0.6 is 0 Å². The van der Waals surface area contributed by atoms with Gasteiger partial charge in [-0.2, -0.15) is 18.3 Å². The molecule has 222 valence electrons. The van der Waals surface area contributed by atoms with Gasteiger partial charge in [0.05, 0.1) is 35.7 Å². The number of halogens is 5. The van der Waals surface area contributed by atoms with Crippen molar-refractivity contribution in [3.05, 3.63) is 47.2 Å². The topological polar surface area (TPSA) is 135 Å². The summed E-state index contributed by atoms with van der Waals surface area (Å²) >= 11 is 0. The van der Waals surface area contributed by atoms with Crippen LogP contribution in [0.15, 0.2) is 29.2 Å². The maximum absolute atomic E-state index is 13.9. The van der Waals surface area contributed by atoms with Crippen LogP contribution in [0.5, 0.6) is 0 Å². The van der Waals surface area contributed by atoms with Gasteiger partial charge in [-0.1, -0.05) is 12.1 Å². The van der Waals surface area contributed by atoms with Crippen molar-refractivity contribution in [3.8, 4) is 0 Å². The van der Waals surface area contributed by atoms with Crippen molar-refractivity contribution in [1.29, 1.82) is 0 Å². The number of imidazole rings is 1. The van der Waals surface area contributed by atoms with Crippen LogP contribution in [0.25, 0.3) is 5.65 Å². The van der Waals surface area contributed by atoms with Gasteiger partial charge in [0.1, 0.15) is 11.8 Å². The summed E-state index contributed by atoms with van der Waals surface area (Å²) in [7, 11) is 0. The first-order valence-electron chi connectivity index (χ1n) is 13.3. The van der Waals surface area contributed by atoms with Gasteiger partial charge in [0.25, 0.3) is 5.91 Å². The highest BCUT2D eigenvalue weighted by Crippen LogP contribution is 2.43. The molecule has 2 fully saturated rings. The van der Waals surface area contributed by atoms with E-state index in [1.54, 1.807) is 0 Å². The normalized spacial score (nSPS) is 20.0. The fourth-order valence-corrected chi connectivity index (χ4v) is 5.01. The summed E-state index contributed by atoms with van der Waals surface area (Å²) in [5, 5.41) is 23.5. The number of aromatic nitrogens is 4. The smallest absolute Gasteiger partial charge is 0.369 e. The van der Waals surface area contributed by atoms with Gasteiger partial charge >= 0.3 is 6.18 Å². The minimum absolute atomic E-state index is 0.0686. The van der Waals surface area contributed by atoms with Crippen molar-refractivity contribution in [2.45, 2.75) is 82.2 Å². The number of nitrogens with zero attached hydrogens (tertiary/aromatic N) is 4. The summed E-state index contributed by atoms with van der Waals surface area (Å²) in [5.74, 6) is -6.35. The molecule has 0 aromatic carbocycles. The first kappa shape index (κ1) is 28.9. The van der Waals surface area contributed by atoms with Crippen molar-refractivity contribution in [1.82, 2.24) is 30.4 Å². The molecular formula is C26H29F5N6O4. The SMILES string of the molecule is CC(CC(=O)N[C@H](O)c1cnn2cc([C@@H](NC(=O)c3conc3C3CC3)C3CCC(F)(F)CC3)nc2c1)C(F)(F)F. The Labute approximate surface area is 230 Å². The average Bonchev–Trinajstić information content (AvgIpc) is 3.46. The van der Waals surface area contributed by atoms with Gasteiger partial charge in [-0.3, -0.25) is 9.59 Å². The second kappa shape index (κ2) is 11.0. The molecule has 2 aliphatic carbocycles. The summed E-state index contributed by atoms with van der Waals surface area (Å²) in [5.41, 5.74) is 1.46. The zero-order chi connectivity index (χ0) is 29.5. The molecule has 0 aliphatic heterocycles. The highest BCUT2D eigenvalue weighted by molar-refractivity contribution is 5.95. The van der Waals surface area contributed by atoms with E-state index in [0.717, 1.165) is 19.8 Å². The molecule has 2 saturated carbocycles. The minimum atomic E-state index is -4.55. The molecule has 0 saturated heterocycles. The first-order chi connectivity index (χ1) is 19.3. The summed E-state index contributed by atoms with van der Waals surface area (Å²) in [6, 6.07) is 0.632. The number of aliphatic hydroxyl groups excluding tert-OH is 1. The number of carbonyl (C=O) groups excluding carboxylic acids is 2. The van der Waals surface area contributed by atoms with Crippen LogP contribution in [0.4, 0.5) is 22.0 Å². The second-order valence-electron chi connectivity index (χ2n) is 10.9. The summed E-state index contributed by atoms with van der Waals surface area (Å²) in [6.07, 6.45) is -1.66. The van der Waals surface area contributed by atoms with E-state index >= 15 is 0 Å². The molecule has 3 aromatic rings. The van der Waals surface area contributed by atoms with E-state index in [0.29, 0.717) is 11.4 Å². The third-order valence-corrected chi connectivity index (χ3v) is 7.67. The predicted molar refractivity (Wildman–Crippen MR) is 132 cm³/mol. The lowest BCUT2D eigenvalue weighted by Crippen LogP contribution is -2.37. The molecule has 1 unspecified atom stereocenters. The summed E-state index contributed by atoms with van der Waals surface area (Å²) in [6.45, 7) is 0.865. The number of nitrogens with one attached hydrogen (secondary N) is 2. The van der Waals surface area contributed by atoms with Gasteiger partial charge in [0.15, 0.2) is 11.9 Å². The van der Waals surface area contributed by atoms with Gasteiger partial charge in [-0.25, -0.2) is 18.3 Å². The highest BCUT2D eigenvalue weighted by atomic mass is 19.4. The number of amides is 2. The van der Waals surface area contributed by atoms with Crippen LogP contribution in [-0.4, -0.2) is 48.8 Å². The van der Waals surface area contributed by atoms with Crippen LogP contribution in [0.2, 0.25) is 0 Å². The maximum atomic E-state index is 13.9. The molecule has 3 aromatic heterocycles. The molecule has 0 radical (unpaired) electrons. The summed E-state index contributed by atoms with van der Waals surface area (Å²) in [4.78, 5) is 29.8. The Morgan fingerprint density at radius 1 is 1.20 bits per heavy atom. The van der Waals surface area contributed by atoms with Gasteiger partial charge < -0.3 is 20.3 Å². The van der Waals surface area contributed by atoms with Crippen LogP contribution in [0.1, 0.15) is 97.4 Å². The molecule has 2 amide bonds. The quantitative estimate of drug-likeness (QED) is 0.247. The Kier molecular flexibility index (Phi) is 7.74. The lowest BCUT2D eigenvalue weighted by Gasteiger charge is -2.33. The molecule has 5 rings (SSSR count).